The van der Waals surface area contributed by atoms with Crippen LogP contribution in [0.3, 0.4) is 0 Å². The molecular weight excluding hydrogens is 855 g/mol. The fourth-order valence-corrected chi connectivity index (χ4v) is 6.73. The largest absolute Gasteiger partial charge is 0.481 e. The highest BCUT2D eigenvalue weighted by atomic mass is 32.2. The zero-order valence-electron chi connectivity index (χ0n) is 36.4. The van der Waals surface area contributed by atoms with Gasteiger partial charge in [0.15, 0.2) is 5.82 Å². The van der Waals surface area contributed by atoms with Crippen molar-refractivity contribution in [3.05, 3.63) is 5.82 Å². The zero-order chi connectivity index (χ0) is 47.6. The molecule has 1 aromatic heterocycles. The van der Waals surface area contributed by atoms with Gasteiger partial charge in [0.05, 0.1) is 37.4 Å². The number of amides is 3. The molecule has 7 N–H and O–H groups in total. The lowest BCUT2D eigenvalue weighted by Gasteiger charge is -2.15. The van der Waals surface area contributed by atoms with Crippen molar-refractivity contribution in [2.45, 2.75) is 136 Å². The van der Waals surface area contributed by atoms with Crippen LogP contribution in [0.4, 0.5) is 0 Å². The number of aliphatic carboxylic acids is 3. The van der Waals surface area contributed by atoms with Gasteiger partial charge < -0.3 is 40.2 Å². The molecule has 358 valence electrons. The maximum absolute atomic E-state index is 12.4. The number of aromatic amines is 1. The van der Waals surface area contributed by atoms with Crippen LogP contribution in [0, 0.1) is 11.8 Å². The van der Waals surface area contributed by atoms with Gasteiger partial charge in [0.2, 0.25) is 27.7 Å². The summed E-state index contributed by atoms with van der Waals surface area (Å²) in [5, 5.41) is 45.7. The van der Waals surface area contributed by atoms with E-state index in [1.54, 1.807) is 0 Å². The van der Waals surface area contributed by atoms with Gasteiger partial charge in [-0.15, -0.1) is 10.2 Å². The number of nitrogens with zero attached hydrogens (tertiary/aromatic N) is 3. The van der Waals surface area contributed by atoms with Gasteiger partial charge in [0.1, 0.15) is 23.4 Å². The molecule has 0 aromatic carbocycles. The summed E-state index contributed by atoms with van der Waals surface area (Å²) in [5.74, 6) is -7.85. The zero-order valence-corrected chi connectivity index (χ0v) is 37.2. The number of Topliss-reactive ketones (excluding diaryl/α,β-unsaturated/α-hetero) is 3. The number of hydrogen-bond donors (Lipinski definition) is 7. The van der Waals surface area contributed by atoms with Crippen molar-refractivity contribution in [3.8, 4) is 0 Å². The molecule has 0 fully saturated rings. The summed E-state index contributed by atoms with van der Waals surface area (Å²) >= 11 is 0. The molecule has 0 bridgehead atoms. The van der Waals surface area contributed by atoms with E-state index < -0.39 is 81.5 Å². The second-order valence-corrected chi connectivity index (χ2v) is 16.4. The minimum atomic E-state index is -4.04. The molecule has 1 rings (SSSR count). The van der Waals surface area contributed by atoms with Crippen LogP contribution in [0.1, 0.15) is 129 Å². The number of rotatable bonds is 37. The van der Waals surface area contributed by atoms with E-state index in [1.165, 1.54) is 6.92 Å². The number of carbonyl (C=O) groups is 9. The Bertz CT molecular complexity index is 1690. The van der Waals surface area contributed by atoms with Gasteiger partial charge in [0.25, 0.3) is 0 Å². The molecule has 24 heteroatoms. The van der Waals surface area contributed by atoms with Crippen LogP contribution in [0.5, 0.6) is 0 Å². The predicted octanol–water partition coefficient (Wildman–Crippen LogP) is 1.30. The number of carbonyl (C=O) groups excluding carboxylic acids is 6. The average Bonchev–Trinajstić information content (AvgIpc) is 3.73. The molecule has 63 heavy (non-hydrogen) atoms. The van der Waals surface area contributed by atoms with E-state index in [2.05, 4.69) is 31.3 Å². The van der Waals surface area contributed by atoms with Crippen LogP contribution < -0.4 is 15.4 Å². The van der Waals surface area contributed by atoms with Crippen molar-refractivity contribution in [2.24, 2.45) is 11.8 Å². The smallest absolute Gasteiger partial charge is 0.326 e. The number of aryl methyl sites for hydroxylation is 1. The molecule has 3 atom stereocenters. The predicted molar refractivity (Wildman–Crippen MR) is 222 cm³/mol. The maximum Gasteiger partial charge on any atom is 0.326 e. The van der Waals surface area contributed by atoms with Crippen molar-refractivity contribution in [1.29, 1.82) is 0 Å². The first-order valence-corrected chi connectivity index (χ1v) is 22.6. The third kappa shape index (κ3) is 32.2. The molecule has 3 unspecified atom stereocenters. The number of ketones is 3. The van der Waals surface area contributed by atoms with Gasteiger partial charge in [-0.3, -0.25) is 38.3 Å². The summed E-state index contributed by atoms with van der Waals surface area (Å²) < 4.78 is 36.5. The second kappa shape index (κ2) is 34.3. The number of carboxylic acid groups (broad SMARTS) is 3. The Morgan fingerprint density at radius 2 is 1.35 bits per heavy atom. The molecule has 0 radical (unpaired) electrons. The normalized spacial score (nSPS) is 12.4. The number of sulfonamides is 1. The summed E-state index contributed by atoms with van der Waals surface area (Å²) in [4.78, 5) is 105. The Morgan fingerprint density at radius 3 is 1.95 bits per heavy atom. The van der Waals surface area contributed by atoms with Crippen LogP contribution in [0.25, 0.3) is 0 Å². The molecule has 0 aliphatic rings. The van der Waals surface area contributed by atoms with Gasteiger partial charge in [-0.1, -0.05) is 25.0 Å². The molecule has 23 nitrogen and oxygen atoms in total. The highest BCUT2D eigenvalue weighted by Gasteiger charge is 2.26. The van der Waals surface area contributed by atoms with E-state index in [0.29, 0.717) is 51.3 Å². The Hall–Kier alpha value is -5.23. The molecule has 0 aliphatic heterocycles. The van der Waals surface area contributed by atoms with E-state index in [-0.39, 0.29) is 82.5 Å². The van der Waals surface area contributed by atoms with Crippen molar-refractivity contribution in [1.82, 2.24) is 36.0 Å². The lowest BCUT2D eigenvalue weighted by atomic mass is 9.94. The van der Waals surface area contributed by atoms with Crippen LogP contribution in [0.15, 0.2) is 0 Å². The maximum atomic E-state index is 12.4. The Balaban J connectivity index is 0.00000189. The van der Waals surface area contributed by atoms with Crippen molar-refractivity contribution < 1.29 is 76.4 Å². The Labute approximate surface area is 367 Å². The highest BCUT2D eigenvalue weighted by molar-refractivity contribution is 7.90. The van der Waals surface area contributed by atoms with Gasteiger partial charge >= 0.3 is 17.9 Å². The fraction of sp³-hybridized carbons (Fsp3) is 0.744. The van der Waals surface area contributed by atoms with E-state index in [4.69, 9.17) is 14.6 Å². The molecule has 1 heterocycles. The average molecular weight is 920 g/mol. The molecular formula is C39H65N7O16S. The van der Waals surface area contributed by atoms with Gasteiger partial charge in [-0.2, -0.15) is 5.21 Å². The number of tetrazole rings is 1. The molecule has 1 aromatic rings. The molecule has 3 amide bonds. The summed E-state index contributed by atoms with van der Waals surface area (Å²) in [6.45, 7) is 6.95. The summed E-state index contributed by atoms with van der Waals surface area (Å²) in [6, 6.07) is -1.48. The topological polar surface area (TPSA) is 357 Å². The number of aromatic nitrogens is 4. The van der Waals surface area contributed by atoms with E-state index in [1.807, 2.05) is 18.6 Å². The van der Waals surface area contributed by atoms with Crippen LogP contribution in [-0.4, -0.2) is 142 Å². The Kier molecular flexibility index (Phi) is 31.4. The third-order valence-electron chi connectivity index (χ3n) is 9.10. The highest BCUT2D eigenvalue weighted by Crippen LogP contribution is 2.17. The molecule has 0 saturated carbocycles. The number of ether oxygens (including phenoxy) is 2. The fourth-order valence-electron chi connectivity index (χ4n) is 5.66. The first-order valence-electron chi connectivity index (χ1n) is 21.0. The number of hydrogen-bond acceptors (Lipinski definition) is 16. The number of nitrogens with one attached hydrogen (secondary N) is 4. The molecule has 0 spiro atoms. The van der Waals surface area contributed by atoms with Gasteiger partial charge in [-0.25, -0.2) is 13.2 Å². The van der Waals surface area contributed by atoms with Gasteiger partial charge in [0, 0.05) is 70.9 Å². The van der Waals surface area contributed by atoms with Gasteiger partial charge in [-0.05, 0) is 52.4 Å². The van der Waals surface area contributed by atoms with Crippen LogP contribution in [-0.2, 0) is 69.1 Å². The first-order chi connectivity index (χ1) is 29.8. The van der Waals surface area contributed by atoms with E-state index in [0.717, 1.165) is 19.3 Å². The quantitative estimate of drug-likeness (QED) is 0.0462. The molecule has 0 saturated heterocycles. The van der Waals surface area contributed by atoms with Crippen molar-refractivity contribution >= 4 is 63.0 Å². The van der Waals surface area contributed by atoms with E-state index >= 15 is 0 Å². The van der Waals surface area contributed by atoms with E-state index in [9.17, 15) is 61.8 Å². The van der Waals surface area contributed by atoms with Crippen LogP contribution >= 0.6 is 0 Å². The number of carboxylic acids is 3. The summed E-state index contributed by atoms with van der Waals surface area (Å²) in [6.07, 6.45) is 2.79. The lowest BCUT2D eigenvalue weighted by molar-refractivity contribution is -0.145. The Morgan fingerprint density at radius 1 is 0.683 bits per heavy atom. The number of unbranched alkanes of at least 4 members (excludes halogenated alkanes) is 2. The second-order valence-electron chi connectivity index (χ2n) is 14.5. The third-order valence-corrected chi connectivity index (χ3v) is 10.5. The minimum absolute atomic E-state index is 0.0847. The monoisotopic (exact) mass is 919 g/mol. The first kappa shape index (κ1) is 57.8. The summed E-state index contributed by atoms with van der Waals surface area (Å²) in [7, 11) is -4.04. The number of H-pyrrole nitrogens is 1. The standard InChI is InChI=1S/C26H43N7O12S.C13H22O4/c1-2-44-14-15-45-13-12-27-22(35)11-8-18(25(38)39)17-19(34)9-10-20(26(40)41)28-23(36)7-4-16-46(42,43)31-24(37)6-3-5-21-29-32-33-30-21;1-3-12(15)8-6-4-5-7-11(13(16)17)9-10(2)14/h18,20H,2-17H2,1H3,(H,27,35)(H,28,36)(H,31,37)(H,38,39)(H,40,41)(H,29,30,32,33);11H,3-9H2,1-2H3,(H,16,17). The lowest BCUT2D eigenvalue weighted by Crippen LogP contribution is -2.41. The summed E-state index contributed by atoms with van der Waals surface area (Å²) in [5.41, 5.74) is 0. The SMILES string of the molecule is CCC(=O)CCCCCC(CC(C)=O)C(=O)O.CCOCCOCCNC(=O)CCC(CC(=O)CCC(NC(=O)CCCS(=O)(=O)NC(=O)CCCc1nn[nH]n1)C(=O)O)C(=O)O. The minimum Gasteiger partial charge on any atom is -0.481 e. The van der Waals surface area contributed by atoms with Crippen molar-refractivity contribution in [3.63, 3.8) is 0 Å². The molecule has 0 aliphatic carbocycles. The van der Waals surface area contributed by atoms with Crippen LogP contribution in [0.2, 0.25) is 0 Å². The van der Waals surface area contributed by atoms with Crippen molar-refractivity contribution in [2.75, 3.05) is 38.7 Å².